The Morgan fingerprint density at radius 2 is 2.40 bits per heavy atom. The van der Waals surface area contributed by atoms with Gasteiger partial charge in [-0.15, -0.1) is 11.8 Å². The minimum absolute atomic E-state index is 0.0425. The van der Waals surface area contributed by atoms with Gasteiger partial charge in [-0.25, -0.2) is 0 Å². The molecular formula is C10H15N3OS. The zero-order valence-electron chi connectivity index (χ0n) is 8.93. The molecule has 2 aliphatic heterocycles. The van der Waals surface area contributed by atoms with Gasteiger partial charge < -0.3 is 10.6 Å². The number of carbonyl (C=O) groups is 1. The number of hydrogen-bond acceptors (Lipinski definition) is 4. The first kappa shape index (κ1) is 10.8. The molecule has 0 aliphatic carbocycles. The van der Waals surface area contributed by atoms with Crippen molar-refractivity contribution in [3.05, 3.63) is 0 Å². The molecule has 2 N–H and O–H groups in total. The second-order valence-electron chi connectivity index (χ2n) is 4.54. The number of rotatable bonds is 1. The monoisotopic (exact) mass is 225 g/mol. The van der Waals surface area contributed by atoms with E-state index in [4.69, 9.17) is 11.0 Å². The molecule has 2 fully saturated rings. The predicted octanol–water partition coefficient (Wildman–Crippen LogP) is 0.537. The molecule has 0 saturated carbocycles. The van der Waals surface area contributed by atoms with Crippen molar-refractivity contribution in [2.75, 3.05) is 5.75 Å². The third-order valence-electron chi connectivity index (χ3n) is 3.42. The number of thioether (sulfide) groups is 1. The number of nitriles is 1. The average molecular weight is 225 g/mol. The molecule has 2 saturated heterocycles. The van der Waals surface area contributed by atoms with Crippen molar-refractivity contribution in [3.63, 3.8) is 0 Å². The van der Waals surface area contributed by atoms with Gasteiger partial charge in [-0.2, -0.15) is 5.26 Å². The molecule has 0 aromatic carbocycles. The highest BCUT2D eigenvalue weighted by Crippen LogP contribution is 2.43. The Bertz CT molecular complexity index is 338. The van der Waals surface area contributed by atoms with Gasteiger partial charge in [0.2, 0.25) is 5.91 Å². The van der Waals surface area contributed by atoms with E-state index >= 15 is 0 Å². The van der Waals surface area contributed by atoms with Crippen LogP contribution in [0.2, 0.25) is 0 Å². The van der Waals surface area contributed by atoms with Crippen LogP contribution in [0.1, 0.15) is 20.3 Å². The Morgan fingerprint density at radius 3 is 2.93 bits per heavy atom. The van der Waals surface area contributed by atoms with Crippen molar-refractivity contribution in [1.82, 2.24) is 4.90 Å². The Labute approximate surface area is 93.8 Å². The fourth-order valence-corrected chi connectivity index (χ4v) is 3.63. The largest absolute Gasteiger partial charge is 0.317 e. The number of fused-ring (bicyclic) bond motifs is 1. The molecule has 0 aromatic rings. The van der Waals surface area contributed by atoms with Gasteiger partial charge in [0.25, 0.3) is 0 Å². The predicted molar refractivity (Wildman–Crippen MR) is 58.9 cm³/mol. The molecule has 0 radical (unpaired) electrons. The van der Waals surface area contributed by atoms with Gasteiger partial charge >= 0.3 is 0 Å². The normalized spacial score (nSPS) is 39.7. The Kier molecular flexibility index (Phi) is 2.44. The first-order valence-corrected chi connectivity index (χ1v) is 6.18. The quantitative estimate of drug-likeness (QED) is 0.707. The fraction of sp³-hybridized carbons (Fsp3) is 0.800. The highest BCUT2D eigenvalue weighted by Gasteiger charge is 2.55. The van der Waals surface area contributed by atoms with Gasteiger partial charge in [0, 0.05) is 12.2 Å². The van der Waals surface area contributed by atoms with Crippen LogP contribution in [0.4, 0.5) is 0 Å². The summed E-state index contributed by atoms with van der Waals surface area (Å²) < 4.78 is 0. The van der Waals surface area contributed by atoms with Crippen LogP contribution in [0.15, 0.2) is 0 Å². The van der Waals surface area contributed by atoms with E-state index in [0.717, 1.165) is 5.75 Å². The lowest BCUT2D eigenvalue weighted by atomic mass is 9.86. The van der Waals surface area contributed by atoms with Crippen LogP contribution < -0.4 is 5.73 Å². The number of nitrogens with two attached hydrogens (primary N) is 1. The molecule has 15 heavy (non-hydrogen) atoms. The topological polar surface area (TPSA) is 70.1 Å². The van der Waals surface area contributed by atoms with Crippen molar-refractivity contribution in [2.24, 2.45) is 11.7 Å². The van der Waals surface area contributed by atoms with Gasteiger partial charge in [0.15, 0.2) is 0 Å². The van der Waals surface area contributed by atoms with Crippen molar-refractivity contribution < 1.29 is 4.79 Å². The maximum atomic E-state index is 12.2. The van der Waals surface area contributed by atoms with E-state index in [9.17, 15) is 4.79 Å². The second kappa shape index (κ2) is 3.39. The minimum Gasteiger partial charge on any atom is -0.317 e. The summed E-state index contributed by atoms with van der Waals surface area (Å²) in [5, 5.41) is 9.06. The highest BCUT2D eigenvalue weighted by atomic mass is 32.2. The fourth-order valence-electron chi connectivity index (χ4n) is 2.19. The molecule has 4 nitrogen and oxygen atoms in total. The summed E-state index contributed by atoms with van der Waals surface area (Å²) in [6.07, 6.45) is 0.673. The minimum atomic E-state index is -0.757. The third-order valence-corrected chi connectivity index (χ3v) is 4.70. The molecule has 82 valence electrons. The lowest BCUT2D eigenvalue weighted by Gasteiger charge is -2.27. The van der Waals surface area contributed by atoms with Crippen molar-refractivity contribution >= 4 is 17.7 Å². The number of amides is 1. The summed E-state index contributed by atoms with van der Waals surface area (Å²) >= 11 is 1.67. The number of nitrogens with zero attached hydrogens (tertiary/aromatic N) is 2. The lowest BCUT2D eigenvalue weighted by Crippen LogP contribution is -2.53. The van der Waals surface area contributed by atoms with Crippen molar-refractivity contribution in [3.8, 4) is 6.07 Å². The maximum absolute atomic E-state index is 12.2. The van der Waals surface area contributed by atoms with Gasteiger partial charge in [-0.3, -0.25) is 4.79 Å². The molecule has 0 unspecified atom stereocenters. The molecule has 5 heteroatoms. The summed E-state index contributed by atoms with van der Waals surface area (Å²) in [6, 6.07) is 1.89. The van der Waals surface area contributed by atoms with Crippen LogP contribution in [0.3, 0.4) is 0 Å². The van der Waals surface area contributed by atoms with E-state index < -0.39 is 5.54 Å². The zero-order chi connectivity index (χ0) is 11.2. The third kappa shape index (κ3) is 1.35. The SMILES string of the molecule is CC(C)[C@@]1(N)C[C@@H]2SC[C@@H](C#N)N2C1=O. The van der Waals surface area contributed by atoms with Gasteiger partial charge in [0.1, 0.15) is 11.6 Å². The first-order chi connectivity index (χ1) is 7.00. The zero-order valence-corrected chi connectivity index (χ0v) is 9.75. The van der Waals surface area contributed by atoms with Crippen molar-refractivity contribution in [2.45, 2.75) is 37.2 Å². The van der Waals surface area contributed by atoms with E-state index in [-0.39, 0.29) is 23.2 Å². The van der Waals surface area contributed by atoms with E-state index in [1.807, 2.05) is 13.8 Å². The van der Waals surface area contributed by atoms with Gasteiger partial charge in [-0.05, 0) is 5.92 Å². The summed E-state index contributed by atoms with van der Waals surface area (Å²) in [5.41, 5.74) is 5.38. The molecule has 0 bridgehead atoms. The van der Waals surface area contributed by atoms with E-state index in [1.165, 1.54) is 0 Å². The summed E-state index contributed by atoms with van der Waals surface area (Å²) in [4.78, 5) is 13.8. The van der Waals surface area contributed by atoms with E-state index in [1.54, 1.807) is 16.7 Å². The summed E-state index contributed by atoms with van der Waals surface area (Å²) in [7, 11) is 0. The van der Waals surface area contributed by atoms with Gasteiger partial charge in [-0.1, -0.05) is 13.8 Å². The maximum Gasteiger partial charge on any atom is 0.245 e. The molecule has 0 aromatic heterocycles. The summed E-state index contributed by atoms with van der Waals surface area (Å²) in [5.74, 6) is 0.802. The smallest absolute Gasteiger partial charge is 0.245 e. The molecule has 2 rings (SSSR count). The van der Waals surface area contributed by atoms with E-state index in [0.29, 0.717) is 6.42 Å². The van der Waals surface area contributed by atoms with Crippen LogP contribution in [-0.2, 0) is 4.79 Å². The van der Waals surface area contributed by atoms with Crippen molar-refractivity contribution in [1.29, 1.82) is 5.26 Å². The highest BCUT2D eigenvalue weighted by molar-refractivity contribution is 8.00. The number of hydrogen-bond donors (Lipinski definition) is 1. The van der Waals surface area contributed by atoms with Crippen LogP contribution in [-0.4, -0.2) is 33.5 Å². The Hall–Kier alpha value is -0.730. The summed E-state index contributed by atoms with van der Waals surface area (Å²) in [6.45, 7) is 3.93. The molecule has 2 heterocycles. The van der Waals surface area contributed by atoms with E-state index in [2.05, 4.69) is 6.07 Å². The molecule has 3 atom stereocenters. The second-order valence-corrected chi connectivity index (χ2v) is 5.76. The first-order valence-electron chi connectivity index (χ1n) is 5.13. The molecule has 2 aliphatic rings. The average Bonchev–Trinajstić information content (AvgIpc) is 2.68. The molecule has 0 spiro atoms. The van der Waals surface area contributed by atoms with Crippen LogP contribution in [0, 0.1) is 17.2 Å². The van der Waals surface area contributed by atoms with Crippen LogP contribution >= 0.6 is 11.8 Å². The standard InChI is InChI=1S/C10H15N3OS/c1-6(2)10(12)3-8-13(9(10)14)7(4-11)5-15-8/h6-8H,3,5,12H2,1-2H3/t7-,8+,10+/m1/s1. The Morgan fingerprint density at radius 1 is 1.73 bits per heavy atom. The lowest BCUT2D eigenvalue weighted by molar-refractivity contribution is -0.134. The van der Waals surface area contributed by atoms with Gasteiger partial charge in [0.05, 0.1) is 11.4 Å². The van der Waals surface area contributed by atoms with Crippen LogP contribution in [0.25, 0.3) is 0 Å². The molecular weight excluding hydrogens is 210 g/mol. The van der Waals surface area contributed by atoms with Crippen LogP contribution in [0.5, 0.6) is 0 Å². The number of carbonyl (C=O) groups excluding carboxylic acids is 1. The Balaban J connectivity index is 2.28. The molecule has 1 amide bonds.